The van der Waals surface area contributed by atoms with Crippen molar-refractivity contribution in [2.45, 2.75) is 32.9 Å². The first-order valence-corrected chi connectivity index (χ1v) is 7.58. The van der Waals surface area contributed by atoms with Crippen molar-refractivity contribution in [3.63, 3.8) is 0 Å². The fourth-order valence-electron chi connectivity index (χ4n) is 2.47. The molecule has 5 nitrogen and oxygen atoms in total. The Kier molecular flexibility index (Phi) is 5.72. The molecule has 0 aliphatic heterocycles. The van der Waals surface area contributed by atoms with Crippen LogP contribution < -0.4 is 10.6 Å². The summed E-state index contributed by atoms with van der Waals surface area (Å²) in [6, 6.07) is 9.30. The highest BCUT2D eigenvalue weighted by Gasteiger charge is 2.13. The van der Waals surface area contributed by atoms with Crippen molar-refractivity contribution in [1.29, 1.82) is 0 Å². The number of aromatic nitrogens is 1. The lowest BCUT2D eigenvalue weighted by molar-refractivity contribution is 0.206. The van der Waals surface area contributed by atoms with E-state index in [-0.39, 0.29) is 18.7 Å². The number of para-hydroxylation sites is 1. The fraction of sp³-hybridized carbons (Fsp3) is 0.412. The second kappa shape index (κ2) is 7.75. The number of benzene rings is 1. The quantitative estimate of drug-likeness (QED) is 0.767. The molecule has 1 unspecified atom stereocenters. The van der Waals surface area contributed by atoms with Crippen molar-refractivity contribution < 1.29 is 9.90 Å². The number of aliphatic hydroxyl groups is 1. The molecule has 0 spiro atoms. The van der Waals surface area contributed by atoms with E-state index in [2.05, 4.69) is 29.5 Å². The molecule has 0 aliphatic carbocycles. The predicted molar refractivity (Wildman–Crippen MR) is 87.4 cm³/mol. The molecule has 1 atom stereocenters. The minimum Gasteiger partial charge on any atom is -0.394 e. The van der Waals surface area contributed by atoms with Crippen molar-refractivity contribution in [2.24, 2.45) is 5.92 Å². The summed E-state index contributed by atoms with van der Waals surface area (Å²) >= 11 is 0. The highest BCUT2D eigenvalue weighted by Crippen LogP contribution is 2.15. The number of fused-ring (bicyclic) bond motifs is 1. The van der Waals surface area contributed by atoms with Gasteiger partial charge in [0.2, 0.25) is 0 Å². The summed E-state index contributed by atoms with van der Waals surface area (Å²) < 4.78 is 0. The number of carbonyl (C=O) groups is 1. The predicted octanol–water partition coefficient (Wildman–Crippen LogP) is 2.44. The molecule has 1 aromatic heterocycles. The monoisotopic (exact) mass is 301 g/mol. The van der Waals surface area contributed by atoms with Gasteiger partial charge in [-0.05, 0) is 24.0 Å². The largest absolute Gasteiger partial charge is 0.394 e. The summed E-state index contributed by atoms with van der Waals surface area (Å²) in [5.74, 6) is 0.416. The van der Waals surface area contributed by atoms with Gasteiger partial charge < -0.3 is 15.7 Å². The number of hydrogen-bond acceptors (Lipinski definition) is 3. The van der Waals surface area contributed by atoms with E-state index in [9.17, 15) is 9.90 Å². The summed E-state index contributed by atoms with van der Waals surface area (Å²) in [5, 5.41) is 16.0. The summed E-state index contributed by atoms with van der Waals surface area (Å²) in [5.41, 5.74) is 1.86. The Morgan fingerprint density at radius 3 is 2.77 bits per heavy atom. The minimum atomic E-state index is -0.271. The molecule has 0 aliphatic rings. The molecular weight excluding hydrogens is 278 g/mol. The summed E-state index contributed by atoms with van der Waals surface area (Å²) in [7, 11) is 0. The SMILES string of the molecule is CC(C)CC(CO)NC(=O)NCc1cccc2cccnc12. The van der Waals surface area contributed by atoms with Crippen molar-refractivity contribution in [1.82, 2.24) is 15.6 Å². The number of urea groups is 1. The molecule has 0 saturated carbocycles. The van der Waals surface area contributed by atoms with E-state index >= 15 is 0 Å². The number of hydrogen-bond donors (Lipinski definition) is 3. The van der Waals surface area contributed by atoms with E-state index in [0.29, 0.717) is 12.5 Å². The van der Waals surface area contributed by atoms with Gasteiger partial charge in [-0.15, -0.1) is 0 Å². The highest BCUT2D eigenvalue weighted by molar-refractivity contribution is 5.82. The van der Waals surface area contributed by atoms with Crippen molar-refractivity contribution in [3.05, 3.63) is 42.1 Å². The third-order valence-corrected chi connectivity index (χ3v) is 3.47. The zero-order valence-corrected chi connectivity index (χ0v) is 13.0. The van der Waals surface area contributed by atoms with Gasteiger partial charge >= 0.3 is 6.03 Å². The summed E-state index contributed by atoms with van der Waals surface area (Å²) in [6.07, 6.45) is 2.50. The molecule has 0 bridgehead atoms. The third kappa shape index (κ3) is 4.43. The van der Waals surface area contributed by atoms with Gasteiger partial charge in [0.1, 0.15) is 0 Å². The van der Waals surface area contributed by atoms with Crippen molar-refractivity contribution >= 4 is 16.9 Å². The zero-order valence-electron chi connectivity index (χ0n) is 13.0. The molecule has 2 rings (SSSR count). The average molecular weight is 301 g/mol. The van der Waals surface area contributed by atoms with Crippen LogP contribution in [-0.2, 0) is 6.54 Å². The van der Waals surface area contributed by atoms with Gasteiger partial charge in [-0.1, -0.05) is 38.1 Å². The first-order chi connectivity index (χ1) is 10.6. The standard InChI is InChI=1S/C17H23N3O2/c1-12(2)9-15(11-21)20-17(22)19-10-14-6-3-5-13-7-4-8-18-16(13)14/h3-8,12,15,21H,9-11H2,1-2H3,(H2,19,20,22). The zero-order chi connectivity index (χ0) is 15.9. The maximum atomic E-state index is 11.9. The van der Waals surface area contributed by atoms with E-state index < -0.39 is 0 Å². The van der Waals surface area contributed by atoms with Crippen LogP contribution in [0.25, 0.3) is 10.9 Å². The Labute approximate surface area is 130 Å². The van der Waals surface area contributed by atoms with Gasteiger partial charge in [0.15, 0.2) is 0 Å². The molecule has 118 valence electrons. The Balaban J connectivity index is 1.95. The number of nitrogens with one attached hydrogen (secondary N) is 2. The van der Waals surface area contributed by atoms with Gasteiger partial charge in [0.25, 0.3) is 0 Å². The van der Waals surface area contributed by atoms with Crippen LogP contribution in [0.15, 0.2) is 36.5 Å². The van der Waals surface area contributed by atoms with Crippen LogP contribution in [0.1, 0.15) is 25.8 Å². The number of aliphatic hydroxyl groups excluding tert-OH is 1. The van der Waals surface area contributed by atoms with Crippen LogP contribution in [0.2, 0.25) is 0 Å². The van der Waals surface area contributed by atoms with Gasteiger partial charge in [-0.2, -0.15) is 0 Å². The Hall–Kier alpha value is -2.14. The number of carbonyl (C=O) groups excluding carboxylic acids is 1. The molecule has 0 radical (unpaired) electrons. The lowest BCUT2D eigenvalue weighted by Crippen LogP contribution is -2.44. The molecule has 3 N–H and O–H groups in total. The first-order valence-electron chi connectivity index (χ1n) is 7.58. The van der Waals surface area contributed by atoms with Crippen LogP contribution in [0.5, 0.6) is 0 Å². The van der Waals surface area contributed by atoms with E-state index in [1.165, 1.54) is 0 Å². The van der Waals surface area contributed by atoms with Gasteiger partial charge in [-0.25, -0.2) is 4.79 Å². The molecule has 2 amide bonds. The van der Waals surface area contributed by atoms with Gasteiger partial charge in [0.05, 0.1) is 18.2 Å². The van der Waals surface area contributed by atoms with Crippen LogP contribution >= 0.6 is 0 Å². The molecule has 22 heavy (non-hydrogen) atoms. The number of rotatable bonds is 6. The van der Waals surface area contributed by atoms with Gasteiger partial charge in [-0.3, -0.25) is 4.98 Å². The summed E-state index contributed by atoms with van der Waals surface area (Å²) in [6.45, 7) is 4.47. The number of amides is 2. The molecule has 0 saturated heterocycles. The second-order valence-corrected chi connectivity index (χ2v) is 5.83. The Bertz CT molecular complexity index is 623. The van der Waals surface area contributed by atoms with Gasteiger partial charge in [0, 0.05) is 18.1 Å². The fourth-order valence-corrected chi connectivity index (χ4v) is 2.47. The average Bonchev–Trinajstić information content (AvgIpc) is 2.51. The lowest BCUT2D eigenvalue weighted by atomic mass is 10.0. The minimum absolute atomic E-state index is 0.0541. The third-order valence-electron chi connectivity index (χ3n) is 3.47. The number of pyridine rings is 1. The molecular formula is C17H23N3O2. The van der Waals surface area contributed by atoms with Crippen LogP contribution in [0.3, 0.4) is 0 Å². The molecule has 2 aromatic rings. The second-order valence-electron chi connectivity index (χ2n) is 5.83. The molecule has 1 heterocycles. The van der Waals surface area contributed by atoms with E-state index in [1.54, 1.807) is 6.20 Å². The van der Waals surface area contributed by atoms with E-state index in [0.717, 1.165) is 22.9 Å². The molecule has 1 aromatic carbocycles. The first kappa shape index (κ1) is 16.2. The smallest absolute Gasteiger partial charge is 0.315 e. The van der Waals surface area contributed by atoms with E-state index in [4.69, 9.17) is 0 Å². The Morgan fingerprint density at radius 2 is 2.05 bits per heavy atom. The molecule has 0 fully saturated rings. The van der Waals surface area contributed by atoms with Crippen LogP contribution in [0.4, 0.5) is 4.79 Å². The van der Waals surface area contributed by atoms with Crippen molar-refractivity contribution in [3.8, 4) is 0 Å². The maximum absolute atomic E-state index is 11.9. The highest BCUT2D eigenvalue weighted by atomic mass is 16.3. The lowest BCUT2D eigenvalue weighted by Gasteiger charge is -2.18. The van der Waals surface area contributed by atoms with Crippen LogP contribution in [-0.4, -0.2) is 28.8 Å². The van der Waals surface area contributed by atoms with Crippen molar-refractivity contribution in [2.75, 3.05) is 6.61 Å². The van der Waals surface area contributed by atoms with E-state index in [1.807, 2.05) is 30.3 Å². The number of nitrogens with zero attached hydrogens (tertiary/aromatic N) is 1. The summed E-state index contributed by atoms with van der Waals surface area (Å²) in [4.78, 5) is 16.3. The molecule has 5 heteroatoms. The maximum Gasteiger partial charge on any atom is 0.315 e. The van der Waals surface area contributed by atoms with Crippen LogP contribution in [0, 0.1) is 5.92 Å². The Morgan fingerprint density at radius 1 is 1.27 bits per heavy atom. The normalized spacial score (nSPS) is 12.4. The topological polar surface area (TPSA) is 74.2 Å².